The van der Waals surface area contributed by atoms with Crippen molar-refractivity contribution in [3.63, 3.8) is 0 Å². The first-order chi connectivity index (χ1) is 13.6. The lowest BCUT2D eigenvalue weighted by Gasteiger charge is -2.11. The molecule has 0 aliphatic carbocycles. The topological polar surface area (TPSA) is 89.1 Å². The summed E-state index contributed by atoms with van der Waals surface area (Å²) in [4.78, 5) is 20.2. The third kappa shape index (κ3) is 3.18. The number of benzene rings is 2. The Morgan fingerprint density at radius 2 is 1.86 bits per heavy atom. The van der Waals surface area contributed by atoms with Crippen molar-refractivity contribution in [1.29, 1.82) is 0 Å². The molecule has 0 aliphatic rings. The number of methoxy groups -OCH3 is 2. The average Bonchev–Trinajstić information content (AvgIpc) is 3.34. The van der Waals surface area contributed by atoms with Gasteiger partial charge in [-0.15, -0.1) is 0 Å². The Bertz CT molecular complexity index is 1140. The highest BCUT2D eigenvalue weighted by molar-refractivity contribution is 7.10. The van der Waals surface area contributed by atoms with Crippen LogP contribution < -0.4 is 14.8 Å². The molecule has 0 saturated carbocycles. The summed E-state index contributed by atoms with van der Waals surface area (Å²) in [6, 6.07) is 11.4. The number of aryl methyl sites for hydroxylation is 1. The highest BCUT2D eigenvalue weighted by atomic mass is 32.1. The number of carbonyl (C=O) groups excluding carboxylic acids is 1. The average molecular weight is 394 g/mol. The number of aromatic nitrogens is 3. The summed E-state index contributed by atoms with van der Waals surface area (Å²) in [5.74, 6) is 1.42. The molecule has 0 unspecified atom stereocenters. The van der Waals surface area contributed by atoms with Crippen molar-refractivity contribution in [2.75, 3.05) is 19.5 Å². The molecule has 7 nitrogen and oxygen atoms in total. The van der Waals surface area contributed by atoms with Crippen LogP contribution in [-0.4, -0.2) is 34.5 Å². The van der Waals surface area contributed by atoms with Crippen LogP contribution in [0.4, 0.5) is 5.13 Å². The molecule has 0 fully saturated rings. The van der Waals surface area contributed by atoms with Crippen molar-refractivity contribution in [1.82, 2.24) is 14.3 Å². The molecule has 0 atom stereocenters. The molecule has 0 spiro atoms. The van der Waals surface area contributed by atoms with Gasteiger partial charge in [-0.05, 0) is 30.7 Å². The smallest absolute Gasteiger partial charge is 0.259 e. The number of hydrogen-bond donors (Lipinski definition) is 2. The molecule has 0 bridgehead atoms. The fourth-order valence-electron chi connectivity index (χ4n) is 3.06. The molecule has 0 radical (unpaired) electrons. The van der Waals surface area contributed by atoms with Gasteiger partial charge in [0.1, 0.15) is 17.1 Å². The number of nitrogens with zero attached hydrogens (tertiary/aromatic N) is 2. The Labute approximate surface area is 165 Å². The van der Waals surface area contributed by atoms with Crippen molar-refractivity contribution in [2.24, 2.45) is 0 Å². The quantitative estimate of drug-likeness (QED) is 0.528. The zero-order chi connectivity index (χ0) is 19.7. The van der Waals surface area contributed by atoms with Crippen molar-refractivity contribution < 1.29 is 14.3 Å². The molecular formula is C20H18N4O3S. The van der Waals surface area contributed by atoms with E-state index < -0.39 is 0 Å². The molecule has 4 aromatic rings. The van der Waals surface area contributed by atoms with Crippen LogP contribution in [0.2, 0.25) is 0 Å². The van der Waals surface area contributed by atoms with E-state index >= 15 is 0 Å². The summed E-state index contributed by atoms with van der Waals surface area (Å²) in [5.41, 5.74) is 3.11. The van der Waals surface area contributed by atoms with Gasteiger partial charge in [-0.25, -0.2) is 0 Å². The number of para-hydroxylation sites is 1. The van der Waals surface area contributed by atoms with Gasteiger partial charge in [0.2, 0.25) is 5.13 Å². The molecule has 4 rings (SSSR count). The number of anilines is 1. The zero-order valence-electron chi connectivity index (χ0n) is 15.6. The number of carbonyl (C=O) groups is 1. The molecular weight excluding hydrogens is 376 g/mol. The molecule has 0 saturated heterocycles. The summed E-state index contributed by atoms with van der Waals surface area (Å²) < 4.78 is 15.3. The molecule has 28 heavy (non-hydrogen) atoms. The summed E-state index contributed by atoms with van der Waals surface area (Å²) in [5, 5.41) is 4.07. The van der Waals surface area contributed by atoms with Crippen molar-refractivity contribution in [2.45, 2.75) is 6.92 Å². The summed E-state index contributed by atoms with van der Waals surface area (Å²) in [6.45, 7) is 1.95. The minimum atomic E-state index is -0.247. The van der Waals surface area contributed by atoms with Gasteiger partial charge < -0.3 is 14.5 Å². The number of amides is 1. The number of nitrogens with one attached hydrogen (secondary N) is 2. The number of hydrogen-bond acceptors (Lipinski definition) is 6. The van der Waals surface area contributed by atoms with E-state index in [0.29, 0.717) is 33.6 Å². The van der Waals surface area contributed by atoms with Crippen LogP contribution in [-0.2, 0) is 0 Å². The van der Waals surface area contributed by atoms with Crippen LogP contribution in [0.25, 0.3) is 22.3 Å². The zero-order valence-corrected chi connectivity index (χ0v) is 16.4. The first kappa shape index (κ1) is 18.0. The summed E-state index contributed by atoms with van der Waals surface area (Å²) >= 11 is 1.10. The Morgan fingerprint density at radius 1 is 1.14 bits per heavy atom. The third-order valence-corrected chi connectivity index (χ3v) is 4.98. The van der Waals surface area contributed by atoms with E-state index in [1.165, 1.54) is 0 Å². The Morgan fingerprint density at radius 3 is 2.57 bits per heavy atom. The van der Waals surface area contributed by atoms with Gasteiger partial charge in [-0.2, -0.15) is 9.36 Å². The van der Waals surface area contributed by atoms with Gasteiger partial charge in [0.05, 0.1) is 19.8 Å². The molecule has 142 valence electrons. The lowest BCUT2D eigenvalue weighted by Crippen LogP contribution is -2.11. The van der Waals surface area contributed by atoms with E-state index in [2.05, 4.69) is 19.7 Å². The van der Waals surface area contributed by atoms with Crippen LogP contribution in [0.1, 0.15) is 15.9 Å². The minimum absolute atomic E-state index is 0.247. The lowest BCUT2D eigenvalue weighted by molar-refractivity contribution is 0.102. The van der Waals surface area contributed by atoms with Gasteiger partial charge in [-0.1, -0.05) is 18.2 Å². The lowest BCUT2D eigenvalue weighted by atomic mass is 10.1. The van der Waals surface area contributed by atoms with Crippen LogP contribution in [0.15, 0.2) is 42.6 Å². The van der Waals surface area contributed by atoms with Crippen molar-refractivity contribution >= 4 is 33.5 Å². The Hall–Kier alpha value is -3.39. The first-order valence-corrected chi connectivity index (χ1v) is 9.32. The van der Waals surface area contributed by atoms with Crippen LogP contribution in [0.3, 0.4) is 0 Å². The number of rotatable bonds is 5. The van der Waals surface area contributed by atoms with E-state index in [1.807, 2.05) is 43.3 Å². The maximum absolute atomic E-state index is 12.7. The summed E-state index contributed by atoms with van der Waals surface area (Å²) in [6.07, 6.45) is 1.69. The molecule has 2 aromatic carbocycles. The molecule has 1 amide bonds. The second kappa shape index (κ2) is 7.32. The number of aromatic amines is 1. The largest absolute Gasteiger partial charge is 0.496 e. The van der Waals surface area contributed by atoms with Crippen molar-refractivity contribution in [3.05, 3.63) is 53.7 Å². The maximum Gasteiger partial charge on any atom is 0.259 e. The van der Waals surface area contributed by atoms with Gasteiger partial charge in [0, 0.05) is 28.6 Å². The number of ether oxygens (including phenoxy) is 2. The first-order valence-electron chi connectivity index (χ1n) is 8.55. The molecule has 0 aliphatic heterocycles. The predicted octanol–water partition coefficient (Wildman–Crippen LogP) is 4.26. The predicted molar refractivity (Wildman–Crippen MR) is 109 cm³/mol. The normalized spacial score (nSPS) is 10.8. The molecule has 2 heterocycles. The van der Waals surface area contributed by atoms with E-state index in [0.717, 1.165) is 28.0 Å². The van der Waals surface area contributed by atoms with E-state index in [-0.39, 0.29) is 5.91 Å². The van der Waals surface area contributed by atoms with Gasteiger partial charge in [0.25, 0.3) is 5.91 Å². The van der Waals surface area contributed by atoms with E-state index in [1.54, 1.807) is 20.4 Å². The van der Waals surface area contributed by atoms with Crippen LogP contribution >= 0.6 is 11.5 Å². The van der Waals surface area contributed by atoms with Crippen molar-refractivity contribution in [3.8, 4) is 22.9 Å². The fraction of sp³-hybridized carbons (Fsp3) is 0.150. The van der Waals surface area contributed by atoms with Crippen LogP contribution in [0.5, 0.6) is 11.5 Å². The van der Waals surface area contributed by atoms with E-state index in [9.17, 15) is 4.79 Å². The highest BCUT2D eigenvalue weighted by Crippen LogP contribution is 2.39. The molecule has 8 heteroatoms. The monoisotopic (exact) mass is 394 g/mol. The minimum Gasteiger partial charge on any atom is -0.496 e. The van der Waals surface area contributed by atoms with Gasteiger partial charge in [-0.3, -0.25) is 10.1 Å². The Balaban J connectivity index is 1.65. The Kier molecular flexibility index (Phi) is 4.70. The SMILES string of the molecule is COc1cc(C)cc(OC)c1-c1nsc(NC(=O)c2c[nH]c3ccccc23)n1. The number of H-pyrrole nitrogens is 1. The molecule has 2 N–H and O–H groups in total. The second-order valence-electron chi connectivity index (χ2n) is 6.17. The standard InChI is InChI=1S/C20H18N4O3S/c1-11-8-15(26-2)17(16(9-11)27-3)18-22-20(28-24-18)23-19(25)13-10-21-14-7-5-4-6-12(13)14/h4-10,21H,1-3H3,(H,22,23,24,25). The highest BCUT2D eigenvalue weighted by Gasteiger charge is 2.20. The molecule has 2 aromatic heterocycles. The van der Waals surface area contributed by atoms with Crippen LogP contribution in [0, 0.1) is 6.92 Å². The fourth-order valence-corrected chi connectivity index (χ4v) is 3.63. The maximum atomic E-state index is 12.7. The van der Waals surface area contributed by atoms with E-state index in [4.69, 9.17) is 9.47 Å². The number of fused-ring (bicyclic) bond motifs is 1. The summed E-state index contributed by atoms with van der Waals surface area (Å²) in [7, 11) is 3.17. The van der Waals surface area contributed by atoms with Gasteiger partial charge in [0.15, 0.2) is 5.82 Å². The third-order valence-electron chi connectivity index (χ3n) is 4.35. The second-order valence-corrected chi connectivity index (χ2v) is 6.92. The van der Waals surface area contributed by atoms with Gasteiger partial charge >= 0.3 is 0 Å².